The zero-order chi connectivity index (χ0) is 14.1. The first-order valence-electron chi connectivity index (χ1n) is 5.97. The maximum atomic E-state index is 13.4. The standard InChI is InChI=1S/C13H18F2O4/c1-17-5-6-18-3-2-4-19-13-11(14)7-10(9-16)8-12(13)15/h7-8,16H,2-6,9H2,1H3. The van der Waals surface area contributed by atoms with Crippen molar-refractivity contribution >= 4 is 0 Å². The summed E-state index contributed by atoms with van der Waals surface area (Å²) in [4.78, 5) is 0. The summed E-state index contributed by atoms with van der Waals surface area (Å²) in [6.07, 6.45) is 0.518. The van der Waals surface area contributed by atoms with Crippen LogP contribution in [0.4, 0.5) is 8.78 Å². The van der Waals surface area contributed by atoms with Crippen LogP contribution in [0, 0.1) is 11.6 Å². The van der Waals surface area contributed by atoms with Gasteiger partial charge in [-0.3, -0.25) is 0 Å². The summed E-state index contributed by atoms with van der Waals surface area (Å²) in [7, 11) is 1.58. The highest BCUT2D eigenvalue weighted by atomic mass is 19.1. The van der Waals surface area contributed by atoms with Gasteiger partial charge in [-0.2, -0.15) is 0 Å². The molecule has 0 spiro atoms. The van der Waals surface area contributed by atoms with Crippen LogP contribution in [0.25, 0.3) is 0 Å². The van der Waals surface area contributed by atoms with Crippen molar-refractivity contribution in [2.75, 3.05) is 33.5 Å². The van der Waals surface area contributed by atoms with Crippen LogP contribution in [0.15, 0.2) is 12.1 Å². The normalized spacial score (nSPS) is 10.7. The maximum absolute atomic E-state index is 13.4. The summed E-state index contributed by atoms with van der Waals surface area (Å²) >= 11 is 0. The Hall–Kier alpha value is -1.24. The predicted molar refractivity (Wildman–Crippen MR) is 65.1 cm³/mol. The number of aliphatic hydroxyl groups is 1. The molecule has 0 saturated carbocycles. The molecule has 1 N–H and O–H groups in total. The summed E-state index contributed by atoms with van der Waals surface area (Å²) in [5, 5.41) is 8.79. The van der Waals surface area contributed by atoms with Crippen LogP contribution in [0.2, 0.25) is 0 Å². The lowest BCUT2D eigenvalue weighted by Gasteiger charge is -2.09. The van der Waals surface area contributed by atoms with E-state index in [9.17, 15) is 8.78 Å². The van der Waals surface area contributed by atoms with Crippen molar-refractivity contribution in [3.05, 3.63) is 29.3 Å². The summed E-state index contributed by atoms with van der Waals surface area (Å²) < 4.78 is 41.9. The van der Waals surface area contributed by atoms with E-state index in [-0.39, 0.29) is 12.2 Å². The van der Waals surface area contributed by atoms with Gasteiger partial charge in [0.15, 0.2) is 17.4 Å². The van der Waals surface area contributed by atoms with Crippen molar-refractivity contribution in [2.24, 2.45) is 0 Å². The van der Waals surface area contributed by atoms with Crippen LogP contribution < -0.4 is 4.74 Å². The summed E-state index contributed by atoms with van der Waals surface area (Å²) in [6.45, 7) is 1.15. The highest BCUT2D eigenvalue weighted by Crippen LogP contribution is 2.23. The minimum absolute atomic E-state index is 0.152. The fourth-order valence-electron chi connectivity index (χ4n) is 1.42. The summed E-state index contributed by atoms with van der Waals surface area (Å²) in [6, 6.07) is 2.10. The molecule has 0 amide bonds. The molecule has 0 aliphatic rings. The van der Waals surface area contributed by atoms with Crippen molar-refractivity contribution in [3.63, 3.8) is 0 Å². The fraction of sp³-hybridized carbons (Fsp3) is 0.538. The van der Waals surface area contributed by atoms with E-state index in [0.29, 0.717) is 26.2 Å². The summed E-state index contributed by atoms with van der Waals surface area (Å²) in [5.74, 6) is -2.05. The Kier molecular flexibility index (Phi) is 7.32. The number of hydrogen-bond acceptors (Lipinski definition) is 4. The van der Waals surface area contributed by atoms with Crippen LogP contribution in [0.5, 0.6) is 5.75 Å². The van der Waals surface area contributed by atoms with Gasteiger partial charge >= 0.3 is 0 Å². The number of hydrogen-bond donors (Lipinski definition) is 1. The molecule has 108 valence electrons. The Morgan fingerprint density at radius 1 is 1.05 bits per heavy atom. The Bertz CT molecular complexity index is 362. The van der Waals surface area contributed by atoms with Crippen LogP contribution in [-0.2, 0) is 16.1 Å². The van der Waals surface area contributed by atoms with E-state index in [1.54, 1.807) is 7.11 Å². The first-order chi connectivity index (χ1) is 9.19. The Morgan fingerprint density at radius 2 is 1.74 bits per heavy atom. The second-order valence-corrected chi connectivity index (χ2v) is 3.85. The lowest BCUT2D eigenvalue weighted by molar-refractivity contribution is 0.0640. The van der Waals surface area contributed by atoms with Gasteiger partial charge in [-0.1, -0.05) is 0 Å². The highest BCUT2D eigenvalue weighted by Gasteiger charge is 2.12. The van der Waals surface area contributed by atoms with Gasteiger partial charge in [0, 0.05) is 20.1 Å². The maximum Gasteiger partial charge on any atom is 0.190 e. The number of benzene rings is 1. The number of rotatable bonds is 9. The molecule has 1 aromatic carbocycles. The number of halogens is 2. The van der Waals surface area contributed by atoms with Gasteiger partial charge in [-0.15, -0.1) is 0 Å². The molecule has 0 fully saturated rings. The average molecular weight is 276 g/mol. The topological polar surface area (TPSA) is 47.9 Å². The van der Waals surface area contributed by atoms with E-state index < -0.39 is 24.0 Å². The molecule has 19 heavy (non-hydrogen) atoms. The van der Waals surface area contributed by atoms with E-state index in [0.717, 1.165) is 12.1 Å². The zero-order valence-electron chi connectivity index (χ0n) is 10.8. The van der Waals surface area contributed by atoms with E-state index in [1.807, 2.05) is 0 Å². The molecular weight excluding hydrogens is 258 g/mol. The molecule has 0 radical (unpaired) electrons. The molecule has 0 unspecified atom stereocenters. The van der Waals surface area contributed by atoms with Gasteiger partial charge in [0.1, 0.15) is 0 Å². The molecule has 0 heterocycles. The number of aliphatic hydroxyl groups excluding tert-OH is 1. The van der Waals surface area contributed by atoms with E-state index in [1.165, 1.54) is 0 Å². The lowest BCUT2D eigenvalue weighted by Crippen LogP contribution is -2.08. The predicted octanol–water partition coefficient (Wildman–Crippen LogP) is 1.89. The highest BCUT2D eigenvalue weighted by molar-refractivity contribution is 5.31. The van der Waals surface area contributed by atoms with Gasteiger partial charge < -0.3 is 19.3 Å². The van der Waals surface area contributed by atoms with Crippen molar-refractivity contribution in [3.8, 4) is 5.75 Å². The average Bonchev–Trinajstić information content (AvgIpc) is 2.40. The smallest absolute Gasteiger partial charge is 0.190 e. The van der Waals surface area contributed by atoms with Gasteiger partial charge in [-0.25, -0.2) is 8.78 Å². The molecule has 1 rings (SSSR count). The quantitative estimate of drug-likeness (QED) is 0.700. The molecular formula is C13H18F2O4. The molecule has 4 nitrogen and oxygen atoms in total. The molecule has 1 aromatic rings. The SMILES string of the molecule is COCCOCCCOc1c(F)cc(CO)cc1F. The van der Waals surface area contributed by atoms with Crippen molar-refractivity contribution in [1.29, 1.82) is 0 Å². The molecule has 0 aliphatic carbocycles. The van der Waals surface area contributed by atoms with Crippen molar-refractivity contribution in [2.45, 2.75) is 13.0 Å². The Balaban J connectivity index is 2.33. The molecule has 0 atom stereocenters. The fourth-order valence-corrected chi connectivity index (χ4v) is 1.42. The minimum atomic E-state index is -0.815. The second-order valence-electron chi connectivity index (χ2n) is 3.85. The monoisotopic (exact) mass is 276 g/mol. The molecule has 6 heteroatoms. The number of ether oxygens (including phenoxy) is 3. The van der Waals surface area contributed by atoms with Crippen molar-refractivity contribution < 1.29 is 28.1 Å². The zero-order valence-corrected chi connectivity index (χ0v) is 10.8. The van der Waals surface area contributed by atoms with Gasteiger partial charge in [-0.05, 0) is 17.7 Å². The van der Waals surface area contributed by atoms with Gasteiger partial charge in [0.05, 0.1) is 26.4 Å². The van der Waals surface area contributed by atoms with E-state index in [2.05, 4.69) is 0 Å². The third-order valence-electron chi connectivity index (χ3n) is 2.35. The van der Waals surface area contributed by atoms with E-state index in [4.69, 9.17) is 19.3 Å². The van der Waals surface area contributed by atoms with Gasteiger partial charge in [0.25, 0.3) is 0 Å². The molecule has 0 aromatic heterocycles. The minimum Gasteiger partial charge on any atom is -0.488 e. The third kappa shape index (κ3) is 5.50. The molecule has 0 aliphatic heterocycles. The summed E-state index contributed by atoms with van der Waals surface area (Å²) in [5.41, 5.74) is 0.172. The van der Waals surface area contributed by atoms with Crippen molar-refractivity contribution in [1.82, 2.24) is 0 Å². The van der Waals surface area contributed by atoms with E-state index >= 15 is 0 Å². The largest absolute Gasteiger partial charge is 0.488 e. The lowest BCUT2D eigenvalue weighted by atomic mass is 10.2. The van der Waals surface area contributed by atoms with Crippen LogP contribution in [0.1, 0.15) is 12.0 Å². The van der Waals surface area contributed by atoms with Crippen LogP contribution >= 0.6 is 0 Å². The first kappa shape index (κ1) is 15.8. The Labute approximate surface area is 110 Å². The second kappa shape index (κ2) is 8.79. The third-order valence-corrected chi connectivity index (χ3v) is 2.35. The van der Waals surface area contributed by atoms with Gasteiger partial charge in [0.2, 0.25) is 0 Å². The Morgan fingerprint density at radius 3 is 2.32 bits per heavy atom. The van der Waals surface area contributed by atoms with Crippen LogP contribution in [-0.4, -0.2) is 38.6 Å². The number of methoxy groups -OCH3 is 1. The first-order valence-corrected chi connectivity index (χ1v) is 5.97. The molecule has 0 bridgehead atoms. The molecule has 0 saturated heterocycles. The van der Waals surface area contributed by atoms with Crippen LogP contribution in [0.3, 0.4) is 0 Å².